The van der Waals surface area contributed by atoms with Crippen molar-refractivity contribution in [3.05, 3.63) is 82.8 Å². The maximum Gasteiger partial charge on any atom is 0.274 e. The molecular weight excluding hydrogens is 454 g/mol. The van der Waals surface area contributed by atoms with E-state index < -0.39 is 0 Å². The molecule has 0 bridgehead atoms. The SMILES string of the molecule is CCn1ncc(NC(=O)c2ccc3c(c2)c(C)c(C)n3Cc2ccccc2)c1C(=O)N1CCOCC1. The third-order valence-corrected chi connectivity index (χ3v) is 6.97. The number of hydrogen-bond acceptors (Lipinski definition) is 4. The molecule has 2 amide bonds. The fourth-order valence-corrected chi connectivity index (χ4v) is 4.81. The molecule has 2 aromatic carbocycles. The third kappa shape index (κ3) is 4.40. The molecule has 186 valence electrons. The summed E-state index contributed by atoms with van der Waals surface area (Å²) in [7, 11) is 0. The predicted molar refractivity (Wildman–Crippen MR) is 140 cm³/mol. The molecule has 2 aromatic heterocycles. The van der Waals surface area contributed by atoms with E-state index in [2.05, 4.69) is 41.0 Å². The number of aryl methyl sites for hydroxylation is 2. The number of amides is 2. The molecule has 0 unspecified atom stereocenters. The lowest BCUT2D eigenvalue weighted by molar-refractivity contribution is 0.0295. The van der Waals surface area contributed by atoms with Crippen LogP contribution in [0.25, 0.3) is 10.9 Å². The molecule has 0 atom stereocenters. The van der Waals surface area contributed by atoms with E-state index in [1.54, 1.807) is 15.8 Å². The molecule has 1 aliphatic rings. The van der Waals surface area contributed by atoms with E-state index in [0.29, 0.717) is 49.8 Å². The van der Waals surface area contributed by atoms with Gasteiger partial charge in [0.25, 0.3) is 11.8 Å². The standard InChI is InChI=1S/C28H31N5O3/c1-4-33-26(28(35)31-12-14-36-15-13-31)24(17-29-33)30-27(34)22-10-11-25-23(16-22)19(2)20(3)32(25)18-21-8-6-5-7-9-21/h5-11,16-17H,4,12-15,18H2,1-3H3,(H,30,34). The number of morpholine rings is 1. The average molecular weight is 486 g/mol. The van der Waals surface area contributed by atoms with Crippen LogP contribution in [0.1, 0.15) is 44.6 Å². The van der Waals surface area contributed by atoms with Crippen LogP contribution in [0.4, 0.5) is 5.69 Å². The van der Waals surface area contributed by atoms with Gasteiger partial charge in [0.1, 0.15) is 5.69 Å². The Morgan fingerprint density at radius 2 is 1.81 bits per heavy atom. The van der Waals surface area contributed by atoms with Crippen molar-refractivity contribution >= 4 is 28.4 Å². The number of fused-ring (bicyclic) bond motifs is 1. The van der Waals surface area contributed by atoms with Crippen LogP contribution >= 0.6 is 0 Å². The van der Waals surface area contributed by atoms with E-state index >= 15 is 0 Å². The second kappa shape index (κ2) is 9.99. The van der Waals surface area contributed by atoms with Gasteiger partial charge in [-0.25, -0.2) is 0 Å². The molecule has 1 fully saturated rings. The fourth-order valence-electron chi connectivity index (χ4n) is 4.81. The number of aromatic nitrogens is 3. The smallest absolute Gasteiger partial charge is 0.274 e. The molecule has 8 heteroatoms. The number of anilines is 1. The molecule has 0 spiro atoms. The highest BCUT2D eigenvalue weighted by Crippen LogP contribution is 2.28. The van der Waals surface area contributed by atoms with E-state index in [9.17, 15) is 9.59 Å². The number of carbonyl (C=O) groups excluding carboxylic acids is 2. The van der Waals surface area contributed by atoms with Crippen LogP contribution in [-0.2, 0) is 17.8 Å². The van der Waals surface area contributed by atoms with Gasteiger partial charge in [-0.1, -0.05) is 30.3 Å². The summed E-state index contributed by atoms with van der Waals surface area (Å²) in [6.45, 7) is 9.49. The quantitative estimate of drug-likeness (QED) is 0.443. The number of carbonyl (C=O) groups is 2. The highest BCUT2D eigenvalue weighted by molar-refractivity contribution is 6.09. The Balaban J connectivity index is 1.43. The molecule has 0 radical (unpaired) electrons. The summed E-state index contributed by atoms with van der Waals surface area (Å²) in [5, 5.41) is 8.32. The highest BCUT2D eigenvalue weighted by atomic mass is 16.5. The largest absolute Gasteiger partial charge is 0.378 e. The summed E-state index contributed by atoms with van der Waals surface area (Å²) in [6, 6.07) is 16.1. The maximum atomic E-state index is 13.3. The van der Waals surface area contributed by atoms with Gasteiger partial charge in [-0.3, -0.25) is 14.3 Å². The molecule has 8 nitrogen and oxygen atoms in total. The summed E-state index contributed by atoms with van der Waals surface area (Å²) in [5.74, 6) is -0.413. The van der Waals surface area contributed by atoms with Crippen molar-refractivity contribution < 1.29 is 14.3 Å². The summed E-state index contributed by atoms with van der Waals surface area (Å²) in [5.41, 5.74) is 6.00. The van der Waals surface area contributed by atoms with E-state index in [4.69, 9.17) is 4.74 Å². The lowest BCUT2D eigenvalue weighted by Crippen LogP contribution is -2.41. The van der Waals surface area contributed by atoms with Gasteiger partial charge in [-0.2, -0.15) is 5.10 Å². The lowest BCUT2D eigenvalue weighted by Gasteiger charge is -2.27. The van der Waals surface area contributed by atoms with Gasteiger partial charge in [0, 0.05) is 48.3 Å². The molecule has 1 N–H and O–H groups in total. The molecule has 4 aromatic rings. The van der Waals surface area contributed by atoms with Gasteiger partial charge in [0.2, 0.25) is 0 Å². The second-order valence-electron chi connectivity index (χ2n) is 9.10. The molecule has 0 saturated carbocycles. The number of benzene rings is 2. The summed E-state index contributed by atoms with van der Waals surface area (Å²) in [6.07, 6.45) is 1.55. The van der Waals surface area contributed by atoms with Crippen molar-refractivity contribution in [2.75, 3.05) is 31.6 Å². The van der Waals surface area contributed by atoms with Crippen LogP contribution in [-0.4, -0.2) is 57.4 Å². The van der Waals surface area contributed by atoms with Crippen LogP contribution in [0.2, 0.25) is 0 Å². The minimum absolute atomic E-state index is 0.146. The van der Waals surface area contributed by atoms with Crippen molar-refractivity contribution in [2.24, 2.45) is 0 Å². The fraction of sp³-hybridized carbons (Fsp3) is 0.321. The first-order valence-electron chi connectivity index (χ1n) is 12.4. The maximum absolute atomic E-state index is 13.3. The van der Waals surface area contributed by atoms with Gasteiger partial charge >= 0.3 is 0 Å². The van der Waals surface area contributed by atoms with E-state index in [-0.39, 0.29) is 11.8 Å². The predicted octanol–water partition coefficient (Wildman–Crippen LogP) is 4.25. The lowest BCUT2D eigenvalue weighted by atomic mass is 10.1. The van der Waals surface area contributed by atoms with Gasteiger partial charge in [-0.15, -0.1) is 0 Å². The normalized spacial score (nSPS) is 13.8. The number of rotatable bonds is 6. The topological polar surface area (TPSA) is 81.4 Å². The van der Waals surface area contributed by atoms with E-state index in [1.165, 1.54) is 11.3 Å². The summed E-state index contributed by atoms with van der Waals surface area (Å²) in [4.78, 5) is 28.3. The number of nitrogens with one attached hydrogen (secondary N) is 1. The molecule has 1 aliphatic heterocycles. The Kier molecular flexibility index (Phi) is 6.61. The number of nitrogens with zero attached hydrogens (tertiary/aromatic N) is 4. The van der Waals surface area contributed by atoms with Gasteiger partial charge in [-0.05, 0) is 50.1 Å². The zero-order valence-electron chi connectivity index (χ0n) is 21.0. The Bertz CT molecular complexity index is 1410. The number of hydrogen-bond donors (Lipinski definition) is 1. The molecular formula is C28H31N5O3. The van der Waals surface area contributed by atoms with E-state index in [0.717, 1.165) is 23.0 Å². The second-order valence-corrected chi connectivity index (χ2v) is 9.10. The Labute approximate surface area is 210 Å². The van der Waals surface area contributed by atoms with Gasteiger partial charge in [0.15, 0.2) is 0 Å². The average Bonchev–Trinajstić information content (AvgIpc) is 3.43. The van der Waals surface area contributed by atoms with Gasteiger partial charge in [0.05, 0.1) is 25.1 Å². The van der Waals surface area contributed by atoms with Crippen LogP contribution in [0.5, 0.6) is 0 Å². The molecule has 3 heterocycles. The Morgan fingerprint density at radius 3 is 2.53 bits per heavy atom. The summed E-state index contributed by atoms with van der Waals surface area (Å²) < 4.78 is 9.29. The molecule has 1 saturated heterocycles. The van der Waals surface area contributed by atoms with Crippen molar-refractivity contribution in [1.29, 1.82) is 0 Å². The monoisotopic (exact) mass is 485 g/mol. The molecule has 0 aliphatic carbocycles. The number of ether oxygens (including phenoxy) is 1. The van der Waals surface area contributed by atoms with Crippen molar-refractivity contribution in [2.45, 2.75) is 33.9 Å². The first-order valence-corrected chi connectivity index (χ1v) is 12.4. The third-order valence-electron chi connectivity index (χ3n) is 6.97. The van der Waals surface area contributed by atoms with Crippen LogP contribution in [0, 0.1) is 13.8 Å². The minimum Gasteiger partial charge on any atom is -0.378 e. The van der Waals surface area contributed by atoms with Crippen molar-refractivity contribution in [3.8, 4) is 0 Å². The minimum atomic E-state index is -0.267. The van der Waals surface area contributed by atoms with Crippen LogP contribution < -0.4 is 5.32 Å². The van der Waals surface area contributed by atoms with Crippen LogP contribution in [0.3, 0.4) is 0 Å². The zero-order valence-corrected chi connectivity index (χ0v) is 21.0. The first-order chi connectivity index (χ1) is 17.5. The van der Waals surface area contributed by atoms with Gasteiger partial charge < -0.3 is 19.5 Å². The molecule has 5 rings (SSSR count). The highest BCUT2D eigenvalue weighted by Gasteiger charge is 2.26. The van der Waals surface area contributed by atoms with Crippen molar-refractivity contribution in [3.63, 3.8) is 0 Å². The molecule has 36 heavy (non-hydrogen) atoms. The first kappa shape index (κ1) is 23.8. The van der Waals surface area contributed by atoms with Crippen molar-refractivity contribution in [1.82, 2.24) is 19.2 Å². The zero-order chi connectivity index (χ0) is 25.2. The Morgan fingerprint density at radius 1 is 1.06 bits per heavy atom. The summed E-state index contributed by atoms with van der Waals surface area (Å²) >= 11 is 0. The van der Waals surface area contributed by atoms with Crippen LogP contribution in [0.15, 0.2) is 54.7 Å². The Hall–Kier alpha value is -3.91. The van der Waals surface area contributed by atoms with E-state index in [1.807, 2.05) is 43.3 Å².